The zero-order chi connectivity index (χ0) is 16.7. The van der Waals surface area contributed by atoms with E-state index in [-0.39, 0.29) is 41.8 Å². The predicted octanol–water partition coefficient (Wildman–Crippen LogP) is 3.63. The van der Waals surface area contributed by atoms with Crippen LogP contribution in [0.3, 0.4) is 0 Å². The smallest absolute Gasteiger partial charge is 0.191 e. The SMILES string of the molecule is CN=C(NCCc1c(F)cccc1F)NCc1ccc(F)cc1.I. The largest absolute Gasteiger partial charge is 0.356 e. The second-order valence-corrected chi connectivity index (χ2v) is 4.93. The molecule has 2 N–H and O–H groups in total. The van der Waals surface area contributed by atoms with Crippen molar-refractivity contribution in [2.75, 3.05) is 13.6 Å². The Labute approximate surface area is 156 Å². The minimum Gasteiger partial charge on any atom is -0.356 e. The van der Waals surface area contributed by atoms with Crippen LogP contribution in [0, 0.1) is 17.5 Å². The zero-order valence-corrected chi connectivity index (χ0v) is 15.5. The Morgan fingerprint density at radius 1 is 0.958 bits per heavy atom. The van der Waals surface area contributed by atoms with Gasteiger partial charge in [-0.1, -0.05) is 18.2 Å². The Balaban J connectivity index is 0.00000288. The first-order valence-electron chi connectivity index (χ1n) is 7.22. The maximum absolute atomic E-state index is 13.5. The quantitative estimate of drug-likeness (QED) is 0.416. The molecule has 2 rings (SSSR count). The molecule has 0 saturated heterocycles. The van der Waals surface area contributed by atoms with Crippen LogP contribution in [-0.4, -0.2) is 19.6 Å². The molecule has 0 heterocycles. The third-order valence-electron chi connectivity index (χ3n) is 3.33. The first kappa shape index (κ1) is 20.3. The van der Waals surface area contributed by atoms with E-state index in [9.17, 15) is 13.2 Å². The second-order valence-electron chi connectivity index (χ2n) is 4.93. The van der Waals surface area contributed by atoms with Crippen molar-refractivity contribution in [3.8, 4) is 0 Å². The summed E-state index contributed by atoms with van der Waals surface area (Å²) in [6, 6.07) is 9.92. The highest BCUT2D eigenvalue weighted by Crippen LogP contribution is 2.12. The van der Waals surface area contributed by atoms with E-state index in [0.29, 0.717) is 19.0 Å². The Kier molecular flexibility index (Phi) is 8.59. The molecule has 0 fully saturated rings. The molecule has 0 amide bonds. The van der Waals surface area contributed by atoms with Crippen molar-refractivity contribution in [1.82, 2.24) is 10.6 Å². The number of hydrogen-bond acceptors (Lipinski definition) is 1. The molecule has 130 valence electrons. The lowest BCUT2D eigenvalue weighted by atomic mass is 10.1. The van der Waals surface area contributed by atoms with Gasteiger partial charge in [-0.15, -0.1) is 24.0 Å². The van der Waals surface area contributed by atoms with Crippen LogP contribution in [0.2, 0.25) is 0 Å². The minimum atomic E-state index is -0.555. The lowest BCUT2D eigenvalue weighted by Crippen LogP contribution is -2.38. The van der Waals surface area contributed by atoms with E-state index in [1.165, 1.54) is 30.3 Å². The van der Waals surface area contributed by atoms with Crippen molar-refractivity contribution in [3.05, 3.63) is 71.0 Å². The molecule has 0 unspecified atom stereocenters. The van der Waals surface area contributed by atoms with Crippen molar-refractivity contribution in [2.24, 2.45) is 4.99 Å². The van der Waals surface area contributed by atoms with Gasteiger partial charge in [0, 0.05) is 25.7 Å². The highest BCUT2D eigenvalue weighted by Gasteiger charge is 2.08. The first-order valence-corrected chi connectivity index (χ1v) is 7.22. The fourth-order valence-corrected chi connectivity index (χ4v) is 2.09. The third-order valence-corrected chi connectivity index (χ3v) is 3.33. The van der Waals surface area contributed by atoms with Crippen molar-refractivity contribution in [2.45, 2.75) is 13.0 Å². The molecule has 0 radical (unpaired) electrons. The molecule has 0 spiro atoms. The van der Waals surface area contributed by atoms with Crippen LogP contribution in [-0.2, 0) is 13.0 Å². The van der Waals surface area contributed by atoms with Gasteiger partial charge in [0.25, 0.3) is 0 Å². The first-order chi connectivity index (χ1) is 11.1. The number of halogens is 4. The number of nitrogens with one attached hydrogen (secondary N) is 2. The maximum Gasteiger partial charge on any atom is 0.191 e. The normalized spacial score (nSPS) is 10.9. The van der Waals surface area contributed by atoms with E-state index in [0.717, 1.165) is 5.56 Å². The van der Waals surface area contributed by atoms with Gasteiger partial charge < -0.3 is 10.6 Å². The summed E-state index contributed by atoms with van der Waals surface area (Å²) in [5, 5.41) is 6.04. The van der Waals surface area contributed by atoms with Crippen molar-refractivity contribution < 1.29 is 13.2 Å². The third kappa shape index (κ3) is 6.03. The molecular weight excluding hydrogens is 430 g/mol. The van der Waals surface area contributed by atoms with Gasteiger partial charge in [0.05, 0.1) is 0 Å². The lowest BCUT2D eigenvalue weighted by Gasteiger charge is -2.12. The molecule has 2 aromatic rings. The molecule has 0 saturated carbocycles. The standard InChI is InChI=1S/C17H18F3N3.HI/c1-21-17(23-11-12-5-7-13(18)8-6-12)22-10-9-14-15(19)3-2-4-16(14)20;/h2-8H,9-11H2,1H3,(H2,21,22,23);1H. The van der Waals surface area contributed by atoms with E-state index in [2.05, 4.69) is 15.6 Å². The Morgan fingerprint density at radius 2 is 1.58 bits per heavy atom. The molecule has 2 aromatic carbocycles. The van der Waals surface area contributed by atoms with E-state index >= 15 is 0 Å². The van der Waals surface area contributed by atoms with Crippen LogP contribution in [0.4, 0.5) is 13.2 Å². The number of hydrogen-bond donors (Lipinski definition) is 2. The summed E-state index contributed by atoms with van der Waals surface area (Å²) in [6.45, 7) is 0.801. The monoisotopic (exact) mass is 449 g/mol. The molecule has 0 atom stereocenters. The molecule has 0 aliphatic heterocycles. The van der Waals surface area contributed by atoms with E-state index in [1.54, 1.807) is 19.2 Å². The van der Waals surface area contributed by atoms with E-state index < -0.39 is 11.6 Å². The Morgan fingerprint density at radius 3 is 2.17 bits per heavy atom. The zero-order valence-electron chi connectivity index (χ0n) is 13.2. The Hall–Kier alpha value is -1.77. The number of rotatable bonds is 5. The average molecular weight is 449 g/mol. The fourth-order valence-electron chi connectivity index (χ4n) is 2.09. The molecule has 0 aliphatic carbocycles. The van der Waals surface area contributed by atoms with Crippen LogP contribution in [0.25, 0.3) is 0 Å². The molecule has 3 nitrogen and oxygen atoms in total. The lowest BCUT2D eigenvalue weighted by molar-refractivity contribution is 0.553. The van der Waals surface area contributed by atoms with Gasteiger partial charge >= 0.3 is 0 Å². The number of nitrogens with zero attached hydrogens (tertiary/aromatic N) is 1. The van der Waals surface area contributed by atoms with Crippen LogP contribution in [0.5, 0.6) is 0 Å². The van der Waals surface area contributed by atoms with Crippen molar-refractivity contribution in [3.63, 3.8) is 0 Å². The molecular formula is C17H19F3IN3. The number of guanidine groups is 1. The summed E-state index contributed by atoms with van der Waals surface area (Å²) in [5.74, 6) is -0.892. The number of benzene rings is 2. The van der Waals surface area contributed by atoms with Gasteiger partial charge in [0.15, 0.2) is 5.96 Å². The summed E-state index contributed by atoms with van der Waals surface area (Å²) >= 11 is 0. The Bertz CT molecular complexity index is 655. The molecule has 24 heavy (non-hydrogen) atoms. The topological polar surface area (TPSA) is 36.4 Å². The average Bonchev–Trinajstić information content (AvgIpc) is 2.54. The highest BCUT2D eigenvalue weighted by atomic mass is 127. The summed E-state index contributed by atoms with van der Waals surface area (Å²) in [4.78, 5) is 4.03. The molecule has 7 heteroatoms. The van der Waals surface area contributed by atoms with Gasteiger partial charge in [0.1, 0.15) is 17.5 Å². The van der Waals surface area contributed by atoms with Gasteiger partial charge in [-0.2, -0.15) is 0 Å². The summed E-state index contributed by atoms with van der Waals surface area (Å²) in [5.41, 5.74) is 0.948. The van der Waals surface area contributed by atoms with E-state index in [4.69, 9.17) is 0 Å². The second kappa shape index (κ2) is 10.2. The highest BCUT2D eigenvalue weighted by molar-refractivity contribution is 14.0. The maximum atomic E-state index is 13.5. The van der Waals surface area contributed by atoms with Crippen LogP contribution >= 0.6 is 24.0 Å². The molecule has 0 aromatic heterocycles. The van der Waals surface area contributed by atoms with Gasteiger partial charge in [-0.25, -0.2) is 13.2 Å². The van der Waals surface area contributed by atoms with Gasteiger partial charge in [-0.05, 0) is 36.2 Å². The fraction of sp³-hybridized carbons (Fsp3) is 0.235. The minimum absolute atomic E-state index is 0. The van der Waals surface area contributed by atoms with Crippen LogP contribution in [0.1, 0.15) is 11.1 Å². The van der Waals surface area contributed by atoms with Gasteiger partial charge in [0.2, 0.25) is 0 Å². The van der Waals surface area contributed by atoms with Crippen LogP contribution in [0.15, 0.2) is 47.5 Å². The molecule has 0 bridgehead atoms. The summed E-state index contributed by atoms with van der Waals surface area (Å²) in [7, 11) is 1.60. The number of aliphatic imine (C=N–C) groups is 1. The van der Waals surface area contributed by atoms with E-state index in [1.807, 2.05) is 0 Å². The van der Waals surface area contributed by atoms with Crippen molar-refractivity contribution >= 4 is 29.9 Å². The van der Waals surface area contributed by atoms with Crippen LogP contribution < -0.4 is 10.6 Å². The molecule has 0 aliphatic rings. The van der Waals surface area contributed by atoms with Gasteiger partial charge in [-0.3, -0.25) is 4.99 Å². The summed E-state index contributed by atoms with van der Waals surface area (Å²) in [6.07, 6.45) is 0.204. The predicted molar refractivity (Wildman–Crippen MR) is 100 cm³/mol. The van der Waals surface area contributed by atoms with Crippen molar-refractivity contribution in [1.29, 1.82) is 0 Å². The summed E-state index contributed by atoms with van der Waals surface area (Å²) < 4.78 is 39.9.